The molecule has 1 aromatic carbocycles. The predicted molar refractivity (Wildman–Crippen MR) is 83.3 cm³/mol. The molecule has 1 aromatic heterocycles. The Labute approximate surface area is 125 Å². The van der Waals surface area contributed by atoms with Gasteiger partial charge in [0.15, 0.2) is 0 Å². The highest BCUT2D eigenvalue weighted by Gasteiger charge is 2.19. The molecule has 1 heterocycles. The Kier molecular flexibility index (Phi) is 4.15. The van der Waals surface area contributed by atoms with Crippen molar-refractivity contribution in [1.29, 1.82) is 0 Å². The predicted octanol–water partition coefficient (Wildman–Crippen LogP) is 2.81. The van der Waals surface area contributed by atoms with Gasteiger partial charge in [-0.25, -0.2) is 9.97 Å². The highest BCUT2D eigenvalue weighted by molar-refractivity contribution is 5.49. The molecular weight excluding hydrogens is 262 g/mol. The Morgan fingerprint density at radius 2 is 1.90 bits per heavy atom. The summed E-state index contributed by atoms with van der Waals surface area (Å²) in [6.45, 7) is 1.97. The second-order valence-electron chi connectivity index (χ2n) is 5.54. The van der Waals surface area contributed by atoms with E-state index in [4.69, 9.17) is 0 Å². The summed E-state index contributed by atoms with van der Waals surface area (Å²) < 4.78 is 0. The highest BCUT2D eigenvalue weighted by Crippen LogP contribution is 2.28. The van der Waals surface area contributed by atoms with Gasteiger partial charge in [-0.1, -0.05) is 30.3 Å². The molecule has 4 heteroatoms. The summed E-state index contributed by atoms with van der Waals surface area (Å²) in [7, 11) is 0. The first kappa shape index (κ1) is 14.0. The molecule has 1 aliphatic rings. The second kappa shape index (κ2) is 6.22. The molecule has 3 rings (SSSR count). The van der Waals surface area contributed by atoms with Gasteiger partial charge >= 0.3 is 0 Å². The van der Waals surface area contributed by atoms with Crippen LogP contribution in [0.5, 0.6) is 0 Å². The van der Waals surface area contributed by atoms with Gasteiger partial charge in [0.05, 0.1) is 12.6 Å². The molecule has 0 spiro atoms. The first-order valence-electron chi connectivity index (χ1n) is 7.56. The summed E-state index contributed by atoms with van der Waals surface area (Å²) in [5, 5.41) is 13.1. The molecule has 0 bridgehead atoms. The van der Waals surface area contributed by atoms with Gasteiger partial charge in [0.2, 0.25) is 0 Å². The Balaban J connectivity index is 1.91. The lowest BCUT2D eigenvalue weighted by atomic mass is 9.96. The molecule has 110 valence electrons. The second-order valence-corrected chi connectivity index (χ2v) is 5.54. The Morgan fingerprint density at radius 3 is 2.67 bits per heavy atom. The summed E-state index contributed by atoms with van der Waals surface area (Å²) in [5.41, 5.74) is 3.46. The van der Waals surface area contributed by atoms with E-state index in [9.17, 15) is 5.11 Å². The SMILES string of the molecule is Cc1nc2c(c(N[C@H](CO)c3ccccc3)n1)CCCC2. The Morgan fingerprint density at radius 1 is 1.14 bits per heavy atom. The number of fused-ring (bicyclic) bond motifs is 1. The molecule has 0 saturated carbocycles. The average Bonchev–Trinajstić information content (AvgIpc) is 2.53. The lowest BCUT2D eigenvalue weighted by Gasteiger charge is -2.23. The van der Waals surface area contributed by atoms with Crippen molar-refractivity contribution in [3.63, 3.8) is 0 Å². The minimum atomic E-state index is -0.133. The van der Waals surface area contributed by atoms with E-state index < -0.39 is 0 Å². The number of anilines is 1. The van der Waals surface area contributed by atoms with Crippen molar-refractivity contribution in [2.75, 3.05) is 11.9 Å². The molecule has 4 nitrogen and oxygen atoms in total. The van der Waals surface area contributed by atoms with Crippen LogP contribution in [0.4, 0.5) is 5.82 Å². The number of rotatable bonds is 4. The Hall–Kier alpha value is -1.94. The average molecular weight is 283 g/mol. The van der Waals surface area contributed by atoms with Crippen molar-refractivity contribution < 1.29 is 5.11 Å². The van der Waals surface area contributed by atoms with Gasteiger partial charge in [-0.2, -0.15) is 0 Å². The summed E-state index contributed by atoms with van der Waals surface area (Å²) in [5.74, 6) is 1.68. The van der Waals surface area contributed by atoms with Crippen molar-refractivity contribution in [1.82, 2.24) is 9.97 Å². The van der Waals surface area contributed by atoms with Gasteiger partial charge in [0.25, 0.3) is 0 Å². The molecule has 0 saturated heterocycles. The van der Waals surface area contributed by atoms with Crippen LogP contribution in [0.3, 0.4) is 0 Å². The van der Waals surface area contributed by atoms with E-state index >= 15 is 0 Å². The summed E-state index contributed by atoms with van der Waals surface area (Å²) in [6, 6.07) is 9.87. The van der Waals surface area contributed by atoms with E-state index in [1.165, 1.54) is 24.1 Å². The normalized spacial score (nSPS) is 15.3. The van der Waals surface area contributed by atoms with Gasteiger partial charge in [0.1, 0.15) is 11.6 Å². The number of aliphatic hydroxyl groups is 1. The van der Waals surface area contributed by atoms with Crippen LogP contribution < -0.4 is 5.32 Å². The summed E-state index contributed by atoms with van der Waals surface area (Å²) in [6.07, 6.45) is 4.43. The van der Waals surface area contributed by atoms with E-state index in [0.717, 1.165) is 30.0 Å². The molecule has 0 unspecified atom stereocenters. The quantitative estimate of drug-likeness (QED) is 0.906. The molecule has 2 N–H and O–H groups in total. The van der Waals surface area contributed by atoms with E-state index in [1.807, 2.05) is 37.3 Å². The van der Waals surface area contributed by atoms with Gasteiger partial charge in [0, 0.05) is 11.3 Å². The van der Waals surface area contributed by atoms with Gasteiger partial charge in [-0.3, -0.25) is 0 Å². The van der Waals surface area contributed by atoms with E-state index in [1.54, 1.807) is 0 Å². The minimum absolute atomic E-state index is 0.0435. The third-order valence-corrected chi connectivity index (χ3v) is 3.99. The van der Waals surface area contributed by atoms with E-state index in [-0.39, 0.29) is 12.6 Å². The number of aromatic nitrogens is 2. The number of aliphatic hydroxyl groups excluding tert-OH is 1. The lowest BCUT2D eigenvalue weighted by Crippen LogP contribution is -2.19. The van der Waals surface area contributed by atoms with Crippen LogP contribution in [-0.4, -0.2) is 21.7 Å². The zero-order valence-electron chi connectivity index (χ0n) is 12.3. The van der Waals surface area contributed by atoms with Gasteiger partial charge in [-0.15, -0.1) is 0 Å². The van der Waals surface area contributed by atoms with Crippen LogP contribution >= 0.6 is 0 Å². The molecule has 0 radical (unpaired) electrons. The zero-order chi connectivity index (χ0) is 14.7. The van der Waals surface area contributed by atoms with Crippen LogP contribution in [0.25, 0.3) is 0 Å². The smallest absolute Gasteiger partial charge is 0.133 e. The molecule has 2 aromatic rings. The number of nitrogens with zero attached hydrogens (tertiary/aromatic N) is 2. The molecule has 1 aliphatic carbocycles. The maximum Gasteiger partial charge on any atom is 0.133 e. The van der Waals surface area contributed by atoms with Gasteiger partial charge < -0.3 is 10.4 Å². The fourth-order valence-corrected chi connectivity index (χ4v) is 2.92. The maximum atomic E-state index is 9.71. The summed E-state index contributed by atoms with van der Waals surface area (Å²) in [4.78, 5) is 9.13. The van der Waals surface area contributed by atoms with Crippen molar-refractivity contribution in [3.8, 4) is 0 Å². The third-order valence-electron chi connectivity index (χ3n) is 3.99. The van der Waals surface area contributed by atoms with Crippen molar-refractivity contribution in [2.45, 2.75) is 38.6 Å². The van der Waals surface area contributed by atoms with Crippen LogP contribution in [0, 0.1) is 6.92 Å². The molecule has 21 heavy (non-hydrogen) atoms. The fourth-order valence-electron chi connectivity index (χ4n) is 2.92. The lowest BCUT2D eigenvalue weighted by molar-refractivity contribution is 0.276. The molecular formula is C17H21N3O. The number of aryl methyl sites for hydroxylation is 2. The van der Waals surface area contributed by atoms with Crippen LogP contribution in [0.2, 0.25) is 0 Å². The fraction of sp³-hybridized carbons (Fsp3) is 0.412. The van der Waals surface area contributed by atoms with Crippen molar-refractivity contribution in [3.05, 3.63) is 53.0 Å². The van der Waals surface area contributed by atoms with E-state index in [0.29, 0.717) is 0 Å². The molecule has 0 amide bonds. The monoisotopic (exact) mass is 283 g/mol. The maximum absolute atomic E-state index is 9.71. The van der Waals surface area contributed by atoms with Crippen molar-refractivity contribution >= 4 is 5.82 Å². The molecule has 0 aliphatic heterocycles. The summed E-state index contributed by atoms with van der Waals surface area (Å²) >= 11 is 0. The zero-order valence-corrected chi connectivity index (χ0v) is 12.3. The number of hydrogen-bond acceptors (Lipinski definition) is 4. The Bertz CT molecular complexity index is 613. The number of hydrogen-bond donors (Lipinski definition) is 2. The first-order valence-corrected chi connectivity index (χ1v) is 7.56. The standard InChI is InChI=1S/C17H21N3O/c1-12-18-15-10-6-5-9-14(15)17(19-12)20-16(11-21)13-7-3-2-4-8-13/h2-4,7-8,16,21H,5-6,9-11H2,1H3,(H,18,19,20)/t16-/m1/s1. The minimum Gasteiger partial charge on any atom is -0.394 e. The largest absolute Gasteiger partial charge is 0.394 e. The number of benzene rings is 1. The van der Waals surface area contributed by atoms with Gasteiger partial charge in [-0.05, 0) is 38.2 Å². The first-order chi connectivity index (χ1) is 10.3. The van der Waals surface area contributed by atoms with Crippen LogP contribution in [0.1, 0.15) is 41.5 Å². The molecule has 0 fully saturated rings. The van der Waals surface area contributed by atoms with Crippen LogP contribution in [-0.2, 0) is 12.8 Å². The topological polar surface area (TPSA) is 58.0 Å². The number of nitrogens with one attached hydrogen (secondary N) is 1. The van der Waals surface area contributed by atoms with E-state index in [2.05, 4.69) is 15.3 Å². The third kappa shape index (κ3) is 3.05. The van der Waals surface area contributed by atoms with Crippen molar-refractivity contribution in [2.24, 2.45) is 0 Å². The molecule has 1 atom stereocenters. The highest BCUT2D eigenvalue weighted by atomic mass is 16.3. The van der Waals surface area contributed by atoms with Crippen LogP contribution in [0.15, 0.2) is 30.3 Å².